The second-order valence-corrected chi connectivity index (χ2v) is 1.84. The van der Waals surface area contributed by atoms with E-state index in [1.165, 1.54) is 0 Å². The minimum absolute atomic E-state index is 0.00770. The molecule has 0 aliphatic heterocycles. The zero-order valence-electron chi connectivity index (χ0n) is 6.92. The van der Waals surface area contributed by atoms with Gasteiger partial charge in [0.25, 0.3) is 0 Å². The Morgan fingerprint density at radius 2 is 2.15 bits per heavy atom. The number of alkyl carbamates (subject to hydrolysis) is 1. The van der Waals surface area contributed by atoms with Gasteiger partial charge in [-0.3, -0.25) is 0 Å². The molecule has 0 aromatic rings. The van der Waals surface area contributed by atoms with Crippen LogP contribution in [0.15, 0.2) is 12.7 Å². The highest BCUT2D eigenvalue weighted by atomic mass is 19.1. The molecule has 0 fully saturated rings. The molecule has 1 N–H and O–H groups in total. The zero-order valence-corrected chi connectivity index (χ0v) is 6.92. The molecule has 0 saturated heterocycles. The molecule has 0 saturated carbocycles. The van der Waals surface area contributed by atoms with Crippen LogP contribution < -0.4 is 5.32 Å². The van der Waals surface area contributed by atoms with Crippen molar-refractivity contribution in [2.75, 3.05) is 20.0 Å². The molecule has 0 unspecified atom stereocenters. The lowest BCUT2D eigenvalue weighted by Gasteiger charge is -2.03. The van der Waals surface area contributed by atoms with Gasteiger partial charge >= 0.3 is 12.1 Å². The van der Waals surface area contributed by atoms with Crippen LogP contribution in [0.1, 0.15) is 0 Å². The van der Waals surface area contributed by atoms with E-state index >= 15 is 0 Å². The van der Waals surface area contributed by atoms with Gasteiger partial charge in [-0.25, -0.2) is 14.0 Å². The predicted molar refractivity (Wildman–Crippen MR) is 41.6 cm³/mol. The largest absolute Gasteiger partial charge is 0.461 e. The molecule has 5 nitrogen and oxygen atoms in total. The van der Waals surface area contributed by atoms with Crippen molar-refractivity contribution in [1.82, 2.24) is 5.32 Å². The first kappa shape index (κ1) is 11.4. The highest BCUT2D eigenvalue weighted by molar-refractivity contribution is 5.81. The van der Waals surface area contributed by atoms with E-state index in [-0.39, 0.29) is 13.2 Å². The zero-order chi connectivity index (χ0) is 10.1. The summed E-state index contributed by atoms with van der Waals surface area (Å²) in [4.78, 5) is 20.9. The van der Waals surface area contributed by atoms with Crippen LogP contribution in [-0.2, 0) is 14.3 Å². The summed E-state index contributed by atoms with van der Waals surface area (Å²) in [5, 5.41) is 2.15. The highest BCUT2D eigenvalue weighted by Gasteiger charge is 2.00. The summed E-state index contributed by atoms with van der Waals surface area (Å²) in [5.41, 5.74) is 0. The van der Waals surface area contributed by atoms with Crippen LogP contribution in [0.2, 0.25) is 0 Å². The fourth-order valence-corrected chi connectivity index (χ4v) is 0.464. The SMILES string of the molecule is C=CC(=O)OCCNC(=O)OCF. The smallest absolute Gasteiger partial charge is 0.409 e. The van der Waals surface area contributed by atoms with Crippen LogP contribution in [0.3, 0.4) is 0 Å². The second kappa shape index (κ2) is 7.08. The van der Waals surface area contributed by atoms with E-state index in [4.69, 9.17) is 0 Å². The van der Waals surface area contributed by atoms with Crippen molar-refractivity contribution < 1.29 is 23.5 Å². The minimum Gasteiger partial charge on any atom is -0.461 e. The third kappa shape index (κ3) is 6.79. The molecule has 13 heavy (non-hydrogen) atoms. The van der Waals surface area contributed by atoms with E-state index in [1.54, 1.807) is 0 Å². The van der Waals surface area contributed by atoms with Gasteiger partial charge in [-0.15, -0.1) is 0 Å². The van der Waals surface area contributed by atoms with E-state index in [9.17, 15) is 14.0 Å². The van der Waals surface area contributed by atoms with Gasteiger partial charge in [0.05, 0.1) is 6.54 Å². The van der Waals surface area contributed by atoms with E-state index in [1.807, 2.05) is 0 Å². The number of carbonyl (C=O) groups excluding carboxylic acids is 2. The first-order valence-corrected chi connectivity index (χ1v) is 3.46. The standard InChI is InChI=1S/C7H10FNO4/c1-2-6(10)12-4-3-9-7(11)13-5-8/h2H,1,3-5H2,(H,9,11). The molecule has 0 bridgehead atoms. The van der Waals surface area contributed by atoms with Crippen molar-refractivity contribution >= 4 is 12.1 Å². The minimum atomic E-state index is -1.18. The summed E-state index contributed by atoms with van der Waals surface area (Å²) >= 11 is 0. The first-order chi connectivity index (χ1) is 6.20. The molecule has 0 aliphatic carbocycles. The van der Waals surface area contributed by atoms with E-state index in [2.05, 4.69) is 21.4 Å². The highest BCUT2D eigenvalue weighted by Crippen LogP contribution is 1.80. The fourth-order valence-electron chi connectivity index (χ4n) is 0.464. The number of ether oxygens (including phenoxy) is 2. The molecule has 0 radical (unpaired) electrons. The molecule has 0 heterocycles. The summed E-state index contributed by atoms with van der Waals surface area (Å²) in [6.07, 6.45) is 0.108. The van der Waals surface area contributed by atoms with Crippen LogP contribution >= 0.6 is 0 Å². The van der Waals surface area contributed by atoms with Crippen molar-refractivity contribution in [1.29, 1.82) is 0 Å². The molecule has 0 rings (SSSR count). The Labute approximate surface area is 74.5 Å². The number of halogens is 1. The third-order valence-corrected chi connectivity index (χ3v) is 0.968. The number of esters is 1. The van der Waals surface area contributed by atoms with Gasteiger partial charge in [0, 0.05) is 6.08 Å². The maximum absolute atomic E-state index is 11.4. The predicted octanol–water partition coefficient (Wildman–Crippen LogP) is 0.369. The molecule has 0 spiro atoms. The van der Waals surface area contributed by atoms with Crippen LogP contribution in [0.25, 0.3) is 0 Å². The molecule has 0 aromatic carbocycles. The van der Waals surface area contributed by atoms with Gasteiger partial charge in [0.1, 0.15) is 6.61 Å². The van der Waals surface area contributed by atoms with Crippen LogP contribution in [0.5, 0.6) is 0 Å². The number of nitrogens with one attached hydrogen (secondary N) is 1. The van der Waals surface area contributed by atoms with E-state index in [0.717, 1.165) is 6.08 Å². The van der Waals surface area contributed by atoms with E-state index < -0.39 is 18.9 Å². The van der Waals surface area contributed by atoms with Crippen molar-refractivity contribution in [2.24, 2.45) is 0 Å². The number of hydrogen-bond acceptors (Lipinski definition) is 4. The molecule has 0 aromatic heterocycles. The fraction of sp³-hybridized carbons (Fsp3) is 0.429. The normalized spacial score (nSPS) is 8.69. The molecular formula is C7H10FNO4. The summed E-state index contributed by atoms with van der Waals surface area (Å²) in [5.74, 6) is -0.583. The van der Waals surface area contributed by atoms with Crippen molar-refractivity contribution in [2.45, 2.75) is 0 Å². The summed E-state index contributed by atoms with van der Waals surface area (Å²) in [6, 6.07) is 0. The van der Waals surface area contributed by atoms with Crippen molar-refractivity contribution in [3.05, 3.63) is 12.7 Å². The Bertz CT molecular complexity index is 195. The monoisotopic (exact) mass is 191 g/mol. The molecule has 1 amide bonds. The topological polar surface area (TPSA) is 64.6 Å². The van der Waals surface area contributed by atoms with Gasteiger partial charge in [0.2, 0.25) is 6.86 Å². The Morgan fingerprint density at radius 1 is 1.46 bits per heavy atom. The maximum Gasteiger partial charge on any atom is 0.409 e. The van der Waals surface area contributed by atoms with Crippen molar-refractivity contribution in [3.8, 4) is 0 Å². The first-order valence-electron chi connectivity index (χ1n) is 3.46. The average Bonchev–Trinajstić information content (AvgIpc) is 2.12. The lowest BCUT2D eigenvalue weighted by molar-refractivity contribution is -0.137. The van der Waals surface area contributed by atoms with Crippen LogP contribution in [-0.4, -0.2) is 32.1 Å². The number of amides is 1. The second-order valence-electron chi connectivity index (χ2n) is 1.84. The summed E-state index contributed by atoms with van der Waals surface area (Å²) < 4.78 is 19.8. The number of rotatable bonds is 5. The lowest BCUT2D eigenvalue weighted by atomic mass is 10.6. The summed E-state index contributed by atoms with van der Waals surface area (Å²) in [6.45, 7) is 2.05. The Hall–Kier alpha value is -1.59. The van der Waals surface area contributed by atoms with Gasteiger partial charge in [-0.2, -0.15) is 0 Å². The van der Waals surface area contributed by atoms with Gasteiger partial charge < -0.3 is 14.8 Å². The maximum atomic E-state index is 11.4. The van der Waals surface area contributed by atoms with Crippen LogP contribution in [0.4, 0.5) is 9.18 Å². The Morgan fingerprint density at radius 3 is 2.69 bits per heavy atom. The number of alkyl halides is 1. The van der Waals surface area contributed by atoms with E-state index in [0.29, 0.717) is 0 Å². The summed E-state index contributed by atoms with van der Waals surface area (Å²) in [7, 11) is 0. The molecular weight excluding hydrogens is 181 g/mol. The van der Waals surface area contributed by atoms with Crippen molar-refractivity contribution in [3.63, 3.8) is 0 Å². The molecule has 74 valence electrons. The quantitative estimate of drug-likeness (QED) is 0.387. The Balaban J connectivity index is 3.30. The lowest BCUT2D eigenvalue weighted by Crippen LogP contribution is -2.28. The number of carbonyl (C=O) groups is 2. The molecule has 0 atom stereocenters. The van der Waals surface area contributed by atoms with Crippen LogP contribution in [0, 0.1) is 0 Å². The molecule has 6 heteroatoms. The third-order valence-electron chi connectivity index (χ3n) is 0.968. The number of hydrogen-bond donors (Lipinski definition) is 1. The van der Waals surface area contributed by atoms with Gasteiger partial charge in [-0.05, 0) is 0 Å². The molecule has 0 aliphatic rings. The van der Waals surface area contributed by atoms with Gasteiger partial charge in [-0.1, -0.05) is 6.58 Å². The van der Waals surface area contributed by atoms with Gasteiger partial charge in [0.15, 0.2) is 0 Å². The Kier molecular flexibility index (Phi) is 6.21. The average molecular weight is 191 g/mol.